The number of para-hydroxylation sites is 1. The molecule has 1 amide bonds. The van der Waals surface area contributed by atoms with Crippen molar-refractivity contribution >= 4 is 27.6 Å². The van der Waals surface area contributed by atoms with E-state index in [9.17, 15) is 35.2 Å². The zero-order valence-corrected chi connectivity index (χ0v) is 26.3. The zero-order chi connectivity index (χ0) is 34.1. The highest BCUT2D eigenvalue weighted by Crippen LogP contribution is 2.32. The molecule has 1 unspecified atom stereocenters. The van der Waals surface area contributed by atoms with Crippen molar-refractivity contribution in [3.63, 3.8) is 0 Å². The predicted octanol–water partition coefficient (Wildman–Crippen LogP) is 5.24. The van der Waals surface area contributed by atoms with E-state index in [1.54, 1.807) is 24.3 Å². The van der Waals surface area contributed by atoms with Crippen molar-refractivity contribution < 1.29 is 35.2 Å². The van der Waals surface area contributed by atoms with Gasteiger partial charge in [0.15, 0.2) is 0 Å². The normalized spacial score (nSPS) is 17.5. The first-order chi connectivity index (χ1) is 22.9. The van der Waals surface area contributed by atoms with Gasteiger partial charge < -0.3 is 15.1 Å². The molecule has 252 valence electrons. The van der Waals surface area contributed by atoms with Gasteiger partial charge in [0.05, 0.1) is 29.2 Å². The minimum atomic E-state index is -4.52. The standard InChI is InChI=1S/C33H31F5N6O3S/c34-25-6-1-3-8-28(25)42-16-18-43(19-17-42)32-40-24(20-27(41-32)22-11-13-23(14-12-22)33(36,37)38)21-39-31(45)29-9-5-15-44(29)48(46,47)30-10-4-2-7-26(30)35/h1-4,6-8,10-14,20,29H,5,9,15-19,21H2,(H,39,45). The van der Waals surface area contributed by atoms with Crippen LogP contribution in [0.2, 0.25) is 0 Å². The van der Waals surface area contributed by atoms with Crippen molar-refractivity contribution in [2.24, 2.45) is 0 Å². The van der Waals surface area contributed by atoms with Crippen LogP contribution in [0.4, 0.5) is 33.6 Å². The number of piperazine rings is 1. The maximum Gasteiger partial charge on any atom is 0.416 e. The average Bonchev–Trinajstić information content (AvgIpc) is 3.59. The van der Waals surface area contributed by atoms with E-state index >= 15 is 0 Å². The smallest absolute Gasteiger partial charge is 0.366 e. The first-order valence-electron chi connectivity index (χ1n) is 15.3. The number of aromatic nitrogens is 2. The second-order valence-corrected chi connectivity index (χ2v) is 13.3. The number of sulfonamides is 1. The third-order valence-electron chi connectivity index (χ3n) is 8.40. The van der Waals surface area contributed by atoms with Crippen molar-refractivity contribution in [2.75, 3.05) is 42.5 Å². The van der Waals surface area contributed by atoms with E-state index in [1.165, 1.54) is 30.3 Å². The third kappa shape index (κ3) is 6.97. The van der Waals surface area contributed by atoms with Crippen LogP contribution in [-0.2, 0) is 27.5 Å². The van der Waals surface area contributed by atoms with E-state index in [2.05, 4.69) is 15.3 Å². The molecule has 0 bridgehead atoms. The molecule has 0 aliphatic carbocycles. The topological polar surface area (TPSA) is 98.7 Å². The van der Waals surface area contributed by atoms with Gasteiger partial charge in [0, 0.05) is 38.3 Å². The largest absolute Gasteiger partial charge is 0.416 e. The lowest BCUT2D eigenvalue weighted by Crippen LogP contribution is -2.47. The molecule has 1 atom stereocenters. The molecule has 1 aromatic heterocycles. The predicted molar refractivity (Wildman–Crippen MR) is 168 cm³/mol. The number of benzene rings is 3. The summed E-state index contributed by atoms with van der Waals surface area (Å²) in [5.74, 6) is -1.58. The Morgan fingerprint density at radius 1 is 0.833 bits per heavy atom. The highest BCUT2D eigenvalue weighted by Gasteiger charge is 2.40. The minimum Gasteiger partial charge on any atom is -0.366 e. The van der Waals surface area contributed by atoms with Crippen LogP contribution in [0.25, 0.3) is 11.3 Å². The van der Waals surface area contributed by atoms with Crippen molar-refractivity contribution in [1.29, 1.82) is 0 Å². The lowest BCUT2D eigenvalue weighted by molar-refractivity contribution is -0.137. The maximum atomic E-state index is 14.4. The molecule has 3 aromatic carbocycles. The summed E-state index contributed by atoms with van der Waals surface area (Å²) >= 11 is 0. The zero-order valence-electron chi connectivity index (χ0n) is 25.5. The van der Waals surface area contributed by atoms with Crippen molar-refractivity contribution in [2.45, 2.75) is 36.5 Å². The summed E-state index contributed by atoms with van der Waals surface area (Å²) in [4.78, 5) is 25.9. The van der Waals surface area contributed by atoms with E-state index in [0.717, 1.165) is 28.6 Å². The average molecular weight is 687 g/mol. The quantitative estimate of drug-likeness (QED) is 0.254. The van der Waals surface area contributed by atoms with Gasteiger partial charge in [-0.15, -0.1) is 0 Å². The summed E-state index contributed by atoms with van der Waals surface area (Å²) in [5, 5.41) is 2.74. The number of nitrogens with one attached hydrogen (secondary N) is 1. The molecule has 15 heteroatoms. The van der Waals surface area contributed by atoms with Crippen molar-refractivity contribution in [1.82, 2.24) is 19.6 Å². The van der Waals surface area contributed by atoms with Gasteiger partial charge in [-0.1, -0.05) is 36.4 Å². The summed E-state index contributed by atoms with van der Waals surface area (Å²) in [7, 11) is -4.29. The molecule has 2 aliphatic heterocycles. The molecule has 3 heterocycles. The van der Waals surface area contributed by atoms with Crippen LogP contribution in [-0.4, -0.2) is 67.4 Å². The lowest BCUT2D eigenvalue weighted by atomic mass is 10.1. The van der Waals surface area contributed by atoms with E-state index in [1.807, 2.05) is 9.80 Å². The van der Waals surface area contributed by atoms with Gasteiger partial charge in [-0.3, -0.25) is 4.79 Å². The Morgan fingerprint density at radius 3 is 2.15 bits per heavy atom. The molecule has 9 nitrogen and oxygen atoms in total. The summed E-state index contributed by atoms with van der Waals surface area (Å²) in [6.45, 7) is 1.65. The van der Waals surface area contributed by atoms with Gasteiger partial charge in [-0.05, 0) is 55.3 Å². The molecule has 0 spiro atoms. The van der Waals surface area contributed by atoms with Gasteiger partial charge in [0.1, 0.15) is 22.6 Å². The van der Waals surface area contributed by atoms with Crippen LogP contribution in [0.15, 0.2) is 83.8 Å². The Labute approximate surface area is 274 Å². The molecule has 2 fully saturated rings. The highest BCUT2D eigenvalue weighted by atomic mass is 32.2. The fourth-order valence-corrected chi connectivity index (χ4v) is 7.64. The van der Waals surface area contributed by atoms with Crippen LogP contribution in [0.1, 0.15) is 24.1 Å². The molecule has 2 aliphatic rings. The fourth-order valence-electron chi connectivity index (χ4n) is 5.91. The molecule has 4 aromatic rings. The van der Waals surface area contributed by atoms with Gasteiger partial charge in [0.2, 0.25) is 21.9 Å². The highest BCUT2D eigenvalue weighted by molar-refractivity contribution is 7.89. The van der Waals surface area contributed by atoms with E-state index < -0.39 is 44.4 Å². The summed E-state index contributed by atoms with van der Waals surface area (Å²) in [5.41, 5.74) is 0.698. The van der Waals surface area contributed by atoms with E-state index in [-0.39, 0.29) is 31.3 Å². The molecule has 0 radical (unpaired) electrons. The second kappa shape index (κ2) is 13.5. The molecule has 48 heavy (non-hydrogen) atoms. The van der Waals surface area contributed by atoms with Crippen LogP contribution in [0.3, 0.4) is 0 Å². The molecule has 6 rings (SSSR count). The van der Waals surface area contributed by atoms with Gasteiger partial charge in [-0.2, -0.15) is 17.5 Å². The summed E-state index contributed by atoms with van der Waals surface area (Å²) in [6.07, 6.45) is -3.88. The Kier molecular flexibility index (Phi) is 9.34. The molecular weight excluding hydrogens is 655 g/mol. The molecule has 0 saturated carbocycles. The maximum absolute atomic E-state index is 14.4. The number of carbonyl (C=O) groups excluding carboxylic acids is 1. The first kappa shape index (κ1) is 33.3. The summed E-state index contributed by atoms with van der Waals surface area (Å²) < 4.78 is 96.1. The van der Waals surface area contributed by atoms with Crippen LogP contribution < -0.4 is 15.1 Å². The number of hydrogen-bond donors (Lipinski definition) is 1. The van der Waals surface area contributed by atoms with Crippen LogP contribution in [0.5, 0.6) is 0 Å². The van der Waals surface area contributed by atoms with E-state index in [4.69, 9.17) is 0 Å². The number of rotatable bonds is 8. The minimum absolute atomic E-state index is 0.0450. The molecule has 2 saturated heterocycles. The lowest BCUT2D eigenvalue weighted by Gasteiger charge is -2.36. The van der Waals surface area contributed by atoms with Crippen LogP contribution in [0, 0.1) is 11.6 Å². The first-order valence-corrected chi connectivity index (χ1v) is 16.7. The number of carbonyl (C=O) groups is 1. The summed E-state index contributed by atoms with van der Waals surface area (Å²) in [6, 6.07) is 16.4. The Balaban J connectivity index is 1.23. The molecular formula is C33H31F5N6O3S. The SMILES string of the molecule is O=C(NCc1cc(-c2ccc(C(F)(F)F)cc2)nc(N2CCN(c3ccccc3F)CC2)n1)C1CCCN1S(=O)(=O)c1ccccc1F. The fraction of sp³-hybridized carbons (Fsp3) is 0.303. The number of halogens is 5. The van der Waals surface area contributed by atoms with Gasteiger partial charge >= 0.3 is 6.18 Å². The Morgan fingerprint density at radius 2 is 1.48 bits per heavy atom. The number of amides is 1. The number of anilines is 2. The Bertz CT molecular complexity index is 1900. The number of hydrogen-bond acceptors (Lipinski definition) is 7. The van der Waals surface area contributed by atoms with Gasteiger partial charge in [0.25, 0.3) is 0 Å². The third-order valence-corrected chi connectivity index (χ3v) is 10.3. The van der Waals surface area contributed by atoms with E-state index in [0.29, 0.717) is 55.2 Å². The number of nitrogens with zero attached hydrogens (tertiary/aromatic N) is 5. The molecule has 1 N–H and O–H groups in total. The monoisotopic (exact) mass is 686 g/mol. The van der Waals surface area contributed by atoms with Crippen LogP contribution >= 0.6 is 0 Å². The van der Waals surface area contributed by atoms with Crippen molar-refractivity contribution in [3.8, 4) is 11.3 Å². The van der Waals surface area contributed by atoms with Gasteiger partial charge in [-0.25, -0.2) is 27.2 Å². The number of alkyl halides is 3. The Hall–Kier alpha value is -4.63. The van der Waals surface area contributed by atoms with Crippen molar-refractivity contribution in [3.05, 3.63) is 102 Å². The second-order valence-electron chi connectivity index (χ2n) is 11.5.